The number of phosphoric acid groups is 1. The number of likely N-dealkylation sites (N-methyl/N-ethyl adjacent to an activating group) is 1. The summed E-state index contributed by atoms with van der Waals surface area (Å²) in [6.45, 7) is 4.82. The smallest absolute Gasteiger partial charge is 0.387 e. The molecular weight excluding hydrogens is 732 g/mol. The Bertz CT molecular complexity index is 984. The van der Waals surface area contributed by atoms with Crippen LogP contribution in [0.3, 0.4) is 0 Å². The molecule has 0 aromatic heterocycles. The number of nitrogens with one attached hydrogen (secondary N) is 1. The Kier molecular flexibility index (Phi) is 39.7. The lowest BCUT2D eigenvalue weighted by atomic mass is 10.0. The lowest BCUT2D eigenvalue weighted by molar-refractivity contribution is -0.870. The molecular formula is C48H96N2O6P+. The van der Waals surface area contributed by atoms with Gasteiger partial charge in [-0.05, 0) is 44.9 Å². The van der Waals surface area contributed by atoms with Crippen LogP contribution < -0.4 is 5.32 Å². The van der Waals surface area contributed by atoms with Crippen molar-refractivity contribution in [3.63, 3.8) is 0 Å². The van der Waals surface area contributed by atoms with Gasteiger partial charge in [0.15, 0.2) is 0 Å². The van der Waals surface area contributed by atoms with E-state index >= 15 is 0 Å². The topological polar surface area (TPSA) is 105 Å². The molecule has 0 aliphatic rings. The molecule has 0 aromatic carbocycles. The van der Waals surface area contributed by atoms with E-state index in [1.807, 2.05) is 27.2 Å². The molecule has 8 nitrogen and oxygen atoms in total. The van der Waals surface area contributed by atoms with Crippen molar-refractivity contribution >= 4 is 13.7 Å². The molecule has 0 aromatic rings. The van der Waals surface area contributed by atoms with Crippen LogP contribution in [-0.2, 0) is 18.4 Å². The lowest BCUT2D eigenvalue weighted by Gasteiger charge is -2.25. The highest BCUT2D eigenvalue weighted by molar-refractivity contribution is 7.47. The average Bonchev–Trinajstić information content (AvgIpc) is 3.16. The molecule has 0 radical (unpaired) electrons. The second kappa shape index (κ2) is 40.4. The van der Waals surface area contributed by atoms with E-state index in [9.17, 15) is 19.4 Å². The zero-order chi connectivity index (χ0) is 42.1. The summed E-state index contributed by atoms with van der Waals surface area (Å²) in [4.78, 5) is 23.2. The summed E-state index contributed by atoms with van der Waals surface area (Å²) < 4.78 is 23.6. The van der Waals surface area contributed by atoms with E-state index in [2.05, 4.69) is 31.3 Å². The number of phosphoric ester groups is 1. The molecule has 0 bridgehead atoms. The second-order valence-corrected chi connectivity index (χ2v) is 19.3. The summed E-state index contributed by atoms with van der Waals surface area (Å²) in [6.07, 6.45) is 48.1. The standard InChI is InChI=1S/C48H95N2O6P/c1-6-8-10-12-14-16-18-20-22-24-25-26-28-30-32-34-36-38-40-42-48(52)49-46(45-56-57(53,54)55-44-43-50(3,4)5)47(51)41-39-37-35-33-31-29-27-23-21-19-17-15-13-11-9-7-2/h20,22,39,41,46-47,51H,6-19,21,23-38,40,42-45H2,1-5H3,(H-,49,52,53,54)/p+1/b22-20-,41-39+. The largest absolute Gasteiger partial charge is 0.472 e. The van der Waals surface area contributed by atoms with Gasteiger partial charge in [-0.3, -0.25) is 13.8 Å². The first-order valence-corrected chi connectivity index (χ1v) is 25.7. The molecule has 0 saturated carbocycles. The molecule has 0 aliphatic carbocycles. The van der Waals surface area contributed by atoms with E-state index in [-0.39, 0.29) is 19.1 Å². The molecule has 0 saturated heterocycles. The quantitative estimate of drug-likeness (QED) is 0.0244. The Morgan fingerprint density at radius 3 is 1.35 bits per heavy atom. The highest BCUT2D eigenvalue weighted by Crippen LogP contribution is 2.43. The predicted octanol–water partition coefficient (Wildman–Crippen LogP) is 13.7. The van der Waals surface area contributed by atoms with Crippen molar-refractivity contribution in [3.05, 3.63) is 24.3 Å². The molecule has 338 valence electrons. The fourth-order valence-electron chi connectivity index (χ4n) is 7.04. The molecule has 3 N–H and O–H groups in total. The van der Waals surface area contributed by atoms with Crippen LogP contribution in [0.2, 0.25) is 0 Å². The minimum Gasteiger partial charge on any atom is -0.387 e. The Balaban J connectivity index is 4.35. The van der Waals surface area contributed by atoms with Crippen LogP contribution in [0.5, 0.6) is 0 Å². The van der Waals surface area contributed by atoms with Crippen molar-refractivity contribution in [1.29, 1.82) is 0 Å². The van der Waals surface area contributed by atoms with Crippen LogP contribution in [-0.4, -0.2) is 73.4 Å². The minimum atomic E-state index is -4.34. The van der Waals surface area contributed by atoms with Gasteiger partial charge in [-0.1, -0.05) is 199 Å². The van der Waals surface area contributed by atoms with Gasteiger partial charge in [0, 0.05) is 6.42 Å². The summed E-state index contributed by atoms with van der Waals surface area (Å²) in [5, 5.41) is 13.9. The van der Waals surface area contributed by atoms with E-state index in [1.54, 1.807) is 6.08 Å². The highest BCUT2D eigenvalue weighted by atomic mass is 31.2. The molecule has 3 unspecified atom stereocenters. The summed E-state index contributed by atoms with van der Waals surface area (Å²) in [7, 11) is 1.58. The molecule has 57 heavy (non-hydrogen) atoms. The van der Waals surface area contributed by atoms with Crippen LogP contribution in [0.1, 0.15) is 226 Å². The SMILES string of the molecule is CCCCCCCC/C=C\CCCCCCCCCCCC(=O)NC(COP(=O)(O)OCC[N+](C)(C)C)C(O)/C=C/CCCCCCCCCCCCCCCC. The van der Waals surface area contributed by atoms with Gasteiger partial charge in [-0.2, -0.15) is 0 Å². The predicted molar refractivity (Wildman–Crippen MR) is 245 cm³/mol. The van der Waals surface area contributed by atoms with Gasteiger partial charge in [0.05, 0.1) is 39.9 Å². The van der Waals surface area contributed by atoms with Crippen LogP contribution in [0, 0.1) is 0 Å². The third kappa shape index (κ3) is 42.9. The van der Waals surface area contributed by atoms with E-state index in [1.165, 1.54) is 167 Å². The summed E-state index contributed by atoms with van der Waals surface area (Å²) in [5.41, 5.74) is 0. The maximum absolute atomic E-state index is 12.9. The Labute approximate surface area is 354 Å². The number of quaternary nitrogens is 1. The number of hydrogen-bond acceptors (Lipinski definition) is 5. The van der Waals surface area contributed by atoms with Crippen molar-refractivity contribution in [2.24, 2.45) is 0 Å². The van der Waals surface area contributed by atoms with Crippen LogP contribution in [0.25, 0.3) is 0 Å². The number of hydrogen-bond donors (Lipinski definition) is 3. The molecule has 0 spiro atoms. The summed E-state index contributed by atoms with van der Waals surface area (Å²) >= 11 is 0. The van der Waals surface area contributed by atoms with Gasteiger partial charge < -0.3 is 19.8 Å². The van der Waals surface area contributed by atoms with Gasteiger partial charge in [0.1, 0.15) is 13.2 Å². The molecule has 0 rings (SSSR count). The first kappa shape index (κ1) is 56.0. The van der Waals surface area contributed by atoms with Gasteiger partial charge in [0.25, 0.3) is 0 Å². The number of rotatable bonds is 44. The van der Waals surface area contributed by atoms with E-state index < -0.39 is 20.0 Å². The Hall–Kier alpha value is -1.02. The summed E-state index contributed by atoms with van der Waals surface area (Å²) in [6, 6.07) is -0.844. The van der Waals surface area contributed by atoms with Crippen LogP contribution in [0.15, 0.2) is 24.3 Å². The minimum absolute atomic E-state index is 0.0625. The van der Waals surface area contributed by atoms with Crippen molar-refractivity contribution in [2.75, 3.05) is 40.9 Å². The maximum Gasteiger partial charge on any atom is 0.472 e. The number of nitrogens with zero attached hydrogens (tertiary/aromatic N) is 1. The number of aliphatic hydroxyl groups excluding tert-OH is 1. The van der Waals surface area contributed by atoms with Gasteiger partial charge >= 0.3 is 7.82 Å². The second-order valence-electron chi connectivity index (χ2n) is 17.8. The van der Waals surface area contributed by atoms with Crippen molar-refractivity contribution in [3.8, 4) is 0 Å². The van der Waals surface area contributed by atoms with Gasteiger partial charge in [0.2, 0.25) is 5.91 Å². The van der Waals surface area contributed by atoms with E-state index in [4.69, 9.17) is 9.05 Å². The number of amides is 1. The van der Waals surface area contributed by atoms with E-state index in [0.29, 0.717) is 17.4 Å². The Morgan fingerprint density at radius 1 is 0.579 bits per heavy atom. The monoisotopic (exact) mass is 828 g/mol. The van der Waals surface area contributed by atoms with E-state index in [0.717, 1.165) is 38.5 Å². The zero-order valence-corrected chi connectivity index (χ0v) is 39.2. The van der Waals surface area contributed by atoms with Crippen molar-refractivity contribution < 1.29 is 32.9 Å². The molecule has 0 aliphatic heterocycles. The Morgan fingerprint density at radius 2 is 0.947 bits per heavy atom. The average molecular weight is 828 g/mol. The fraction of sp³-hybridized carbons (Fsp3) is 0.896. The van der Waals surface area contributed by atoms with Gasteiger partial charge in [-0.25, -0.2) is 4.57 Å². The number of unbranched alkanes of at least 4 members (excludes halogenated alkanes) is 29. The third-order valence-electron chi connectivity index (χ3n) is 10.9. The number of carbonyl (C=O) groups excluding carboxylic acids is 1. The van der Waals surface area contributed by atoms with Crippen molar-refractivity contribution in [2.45, 2.75) is 238 Å². The number of aliphatic hydroxyl groups is 1. The van der Waals surface area contributed by atoms with Crippen molar-refractivity contribution in [1.82, 2.24) is 5.32 Å². The molecule has 3 atom stereocenters. The van der Waals surface area contributed by atoms with Crippen LogP contribution in [0.4, 0.5) is 0 Å². The van der Waals surface area contributed by atoms with Crippen LogP contribution >= 0.6 is 7.82 Å². The fourth-order valence-corrected chi connectivity index (χ4v) is 7.77. The third-order valence-corrected chi connectivity index (χ3v) is 11.9. The molecule has 9 heteroatoms. The maximum atomic E-state index is 12.9. The molecule has 0 fully saturated rings. The van der Waals surface area contributed by atoms with Gasteiger partial charge in [-0.15, -0.1) is 0 Å². The number of carbonyl (C=O) groups is 1. The lowest BCUT2D eigenvalue weighted by Crippen LogP contribution is -2.45. The first-order valence-electron chi connectivity index (χ1n) is 24.2. The molecule has 0 heterocycles. The first-order chi connectivity index (χ1) is 27.5. The molecule has 1 amide bonds. The summed E-state index contributed by atoms with van der Waals surface area (Å²) in [5.74, 6) is -0.178. The number of allylic oxidation sites excluding steroid dienone is 3. The zero-order valence-electron chi connectivity index (χ0n) is 38.3. The normalized spacial score (nSPS) is 14.4. The highest BCUT2D eigenvalue weighted by Gasteiger charge is 2.27.